The van der Waals surface area contributed by atoms with Gasteiger partial charge in [0.15, 0.2) is 11.5 Å². The Labute approximate surface area is 112 Å². The summed E-state index contributed by atoms with van der Waals surface area (Å²) in [5.74, 6) is -0.291. The number of nitrogens with zero attached hydrogens (tertiary/aromatic N) is 2. The summed E-state index contributed by atoms with van der Waals surface area (Å²) in [5.41, 5.74) is 8.25. The van der Waals surface area contributed by atoms with Gasteiger partial charge in [-0.25, -0.2) is 9.37 Å². The molecule has 0 radical (unpaired) electrons. The minimum atomic E-state index is -0.533. The highest BCUT2D eigenvalue weighted by Gasteiger charge is 2.09. The molecular formula is C11H11FN4O2S. The lowest BCUT2D eigenvalue weighted by molar-refractivity contribution is 0.370. The molecule has 19 heavy (non-hydrogen) atoms. The largest absolute Gasteiger partial charge is 0.504 e. The molecule has 0 aliphatic carbocycles. The van der Waals surface area contributed by atoms with E-state index >= 15 is 0 Å². The van der Waals surface area contributed by atoms with Crippen molar-refractivity contribution in [3.05, 3.63) is 28.9 Å². The number of ether oxygens (including phenoxy) is 1. The molecule has 1 heterocycles. The Morgan fingerprint density at radius 1 is 1.58 bits per heavy atom. The van der Waals surface area contributed by atoms with Crippen molar-refractivity contribution in [3.63, 3.8) is 0 Å². The van der Waals surface area contributed by atoms with Gasteiger partial charge in [-0.1, -0.05) is 0 Å². The smallest absolute Gasteiger partial charge is 0.205 e. The molecule has 0 aliphatic heterocycles. The summed E-state index contributed by atoms with van der Waals surface area (Å²) in [6.45, 7) is 0. The molecule has 0 fully saturated rings. The number of aromatic hydroxyl groups is 1. The van der Waals surface area contributed by atoms with Crippen LogP contribution in [0.4, 0.5) is 15.3 Å². The lowest BCUT2D eigenvalue weighted by Gasteiger charge is -2.05. The predicted octanol–water partition coefficient (Wildman–Crippen LogP) is 2.02. The van der Waals surface area contributed by atoms with Crippen molar-refractivity contribution in [2.45, 2.75) is 0 Å². The van der Waals surface area contributed by atoms with Gasteiger partial charge in [0, 0.05) is 17.0 Å². The highest BCUT2D eigenvalue weighted by atomic mass is 32.1. The second-order valence-corrected chi connectivity index (χ2v) is 4.35. The van der Waals surface area contributed by atoms with Crippen LogP contribution in [0, 0.1) is 5.82 Å². The number of thiazole rings is 1. The number of rotatable bonds is 4. The maximum Gasteiger partial charge on any atom is 0.205 e. The molecule has 100 valence electrons. The summed E-state index contributed by atoms with van der Waals surface area (Å²) in [6, 6.07) is 2.22. The molecule has 0 saturated carbocycles. The SMILES string of the molecule is COc1cc(F)cc(C=NNc2nc(N)cs2)c1O. The van der Waals surface area contributed by atoms with Crippen LogP contribution >= 0.6 is 11.3 Å². The third-order valence-corrected chi connectivity index (χ3v) is 2.94. The molecule has 0 bridgehead atoms. The summed E-state index contributed by atoms with van der Waals surface area (Å²) < 4.78 is 18.1. The molecule has 0 saturated heterocycles. The van der Waals surface area contributed by atoms with E-state index in [-0.39, 0.29) is 17.1 Å². The fourth-order valence-electron chi connectivity index (χ4n) is 1.34. The summed E-state index contributed by atoms with van der Waals surface area (Å²) in [6.07, 6.45) is 1.26. The average molecular weight is 282 g/mol. The van der Waals surface area contributed by atoms with Gasteiger partial charge in [-0.15, -0.1) is 11.3 Å². The average Bonchev–Trinajstić information content (AvgIpc) is 2.79. The van der Waals surface area contributed by atoms with Crippen molar-refractivity contribution in [3.8, 4) is 11.5 Å². The van der Waals surface area contributed by atoms with E-state index in [1.165, 1.54) is 24.7 Å². The topological polar surface area (TPSA) is 92.8 Å². The Morgan fingerprint density at radius 2 is 2.37 bits per heavy atom. The molecule has 2 rings (SSSR count). The van der Waals surface area contributed by atoms with Crippen LogP contribution in [0.5, 0.6) is 11.5 Å². The van der Waals surface area contributed by atoms with Gasteiger partial charge in [0.25, 0.3) is 0 Å². The lowest BCUT2D eigenvalue weighted by atomic mass is 10.2. The quantitative estimate of drug-likeness (QED) is 0.589. The van der Waals surface area contributed by atoms with E-state index in [9.17, 15) is 9.50 Å². The molecule has 4 N–H and O–H groups in total. The number of nitrogen functional groups attached to an aromatic ring is 1. The second kappa shape index (κ2) is 5.53. The number of phenolic OH excluding ortho intramolecular Hbond substituents is 1. The van der Waals surface area contributed by atoms with E-state index in [0.29, 0.717) is 10.9 Å². The third kappa shape index (κ3) is 3.10. The standard InChI is InChI=1S/C11H11FN4O2S/c1-18-8-3-7(12)2-6(10(8)17)4-14-16-11-15-9(13)5-19-11/h2-5,17H,13H2,1H3,(H,15,16). The number of aromatic nitrogens is 1. The number of halogens is 1. The molecule has 0 atom stereocenters. The lowest BCUT2D eigenvalue weighted by Crippen LogP contribution is -1.94. The minimum absolute atomic E-state index is 0.0416. The van der Waals surface area contributed by atoms with E-state index in [1.807, 2.05) is 0 Å². The number of hydrazone groups is 1. The number of benzene rings is 1. The Bertz CT molecular complexity index is 615. The van der Waals surface area contributed by atoms with Gasteiger partial charge in [0.05, 0.1) is 13.3 Å². The van der Waals surface area contributed by atoms with Gasteiger partial charge in [-0.05, 0) is 6.07 Å². The third-order valence-electron chi connectivity index (χ3n) is 2.17. The number of hydrogen-bond donors (Lipinski definition) is 3. The Balaban J connectivity index is 2.16. The van der Waals surface area contributed by atoms with Crippen LogP contribution in [0.2, 0.25) is 0 Å². The molecular weight excluding hydrogens is 271 g/mol. The van der Waals surface area contributed by atoms with Crippen molar-refractivity contribution < 1.29 is 14.2 Å². The van der Waals surface area contributed by atoms with E-state index < -0.39 is 5.82 Å². The highest BCUT2D eigenvalue weighted by Crippen LogP contribution is 2.29. The van der Waals surface area contributed by atoms with Crippen LogP contribution in [0.1, 0.15) is 5.56 Å². The molecule has 0 amide bonds. The first-order valence-electron chi connectivity index (χ1n) is 5.16. The highest BCUT2D eigenvalue weighted by molar-refractivity contribution is 7.14. The van der Waals surface area contributed by atoms with Gasteiger partial charge in [-0.2, -0.15) is 5.10 Å². The van der Waals surface area contributed by atoms with E-state index in [1.54, 1.807) is 5.38 Å². The Morgan fingerprint density at radius 3 is 3.00 bits per heavy atom. The minimum Gasteiger partial charge on any atom is -0.504 e. The van der Waals surface area contributed by atoms with E-state index in [0.717, 1.165) is 12.1 Å². The summed E-state index contributed by atoms with van der Waals surface area (Å²) in [7, 11) is 1.34. The maximum absolute atomic E-state index is 13.2. The zero-order valence-corrected chi connectivity index (χ0v) is 10.7. The normalized spacial score (nSPS) is 10.8. The number of hydrogen-bond acceptors (Lipinski definition) is 7. The number of nitrogens with one attached hydrogen (secondary N) is 1. The van der Waals surface area contributed by atoms with Gasteiger partial charge < -0.3 is 15.6 Å². The molecule has 0 spiro atoms. The number of phenols is 1. The van der Waals surface area contributed by atoms with Crippen LogP contribution in [-0.4, -0.2) is 23.4 Å². The van der Waals surface area contributed by atoms with Crippen LogP contribution in [0.3, 0.4) is 0 Å². The van der Waals surface area contributed by atoms with Crippen molar-refractivity contribution in [2.75, 3.05) is 18.3 Å². The first-order valence-corrected chi connectivity index (χ1v) is 6.04. The fraction of sp³-hybridized carbons (Fsp3) is 0.0909. The zero-order valence-electron chi connectivity index (χ0n) is 9.92. The van der Waals surface area contributed by atoms with Gasteiger partial charge in [-0.3, -0.25) is 5.43 Å². The maximum atomic E-state index is 13.2. The fourth-order valence-corrected chi connectivity index (χ4v) is 1.89. The van der Waals surface area contributed by atoms with Crippen LogP contribution in [0.15, 0.2) is 22.6 Å². The van der Waals surface area contributed by atoms with Crippen molar-refractivity contribution in [1.29, 1.82) is 0 Å². The summed E-state index contributed by atoms with van der Waals surface area (Å²) in [4.78, 5) is 3.93. The second-order valence-electron chi connectivity index (χ2n) is 3.49. The summed E-state index contributed by atoms with van der Waals surface area (Å²) in [5, 5.41) is 15.8. The van der Waals surface area contributed by atoms with Gasteiger partial charge in [0.1, 0.15) is 11.6 Å². The molecule has 1 aromatic carbocycles. The van der Waals surface area contributed by atoms with Gasteiger partial charge in [0.2, 0.25) is 5.13 Å². The molecule has 0 unspecified atom stereocenters. The summed E-state index contributed by atoms with van der Waals surface area (Å²) >= 11 is 1.28. The van der Waals surface area contributed by atoms with Crippen LogP contribution in [-0.2, 0) is 0 Å². The van der Waals surface area contributed by atoms with Crippen molar-refractivity contribution in [1.82, 2.24) is 4.98 Å². The predicted molar refractivity (Wildman–Crippen MR) is 72.4 cm³/mol. The molecule has 8 heteroatoms. The molecule has 6 nitrogen and oxygen atoms in total. The zero-order chi connectivity index (χ0) is 13.8. The Hall–Kier alpha value is -2.35. The van der Waals surface area contributed by atoms with Crippen LogP contribution in [0.25, 0.3) is 0 Å². The van der Waals surface area contributed by atoms with E-state index in [2.05, 4.69) is 15.5 Å². The van der Waals surface area contributed by atoms with Crippen LogP contribution < -0.4 is 15.9 Å². The first kappa shape index (κ1) is 13.1. The van der Waals surface area contributed by atoms with Crippen molar-refractivity contribution in [2.24, 2.45) is 5.10 Å². The van der Waals surface area contributed by atoms with Gasteiger partial charge >= 0.3 is 0 Å². The first-order chi connectivity index (χ1) is 9.10. The molecule has 0 aliphatic rings. The number of methoxy groups -OCH3 is 1. The number of nitrogens with two attached hydrogens (primary N) is 1. The van der Waals surface area contributed by atoms with E-state index in [4.69, 9.17) is 10.5 Å². The molecule has 2 aromatic rings. The Kier molecular flexibility index (Phi) is 3.81. The number of anilines is 2. The van der Waals surface area contributed by atoms with Crippen molar-refractivity contribution >= 4 is 28.5 Å². The monoisotopic (exact) mass is 282 g/mol. The molecule has 1 aromatic heterocycles.